The minimum absolute atomic E-state index is 0.0941. The standard InChI is InChI=1S/C15H7BrClF2NO/c16-11-6-8(4-5-13(11)18)15(21)10(7-20)9-2-1-3-12(17)14(9)19/h1-6,10H. The van der Waals surface area contributed by atoms with Crippen molar-refractivity contribution in [3.63, 3.8) is 0 Å². The van der Waals surface area contributed by atoms with E-state index in [0.29, 0.717) is 0 Å². The lowest BCUT2D eigenvalue weighted by Gasteiger charge is -2.11. The summed E-state index contributed by atoms with van der Waals surface area (Å²) in [5.74, 6) is -3.31. The molecule has 1 unspecified atom stereocenters. The van der Waals surface area contributed by atoms with Crippen molar-refractivity contribution in [3.05, 3.63) is 68.7 Å². The van der Waals surface area contributed by atoms with Gasteiger partial charge in [-0.25, -0.2) is 8.78 Å². The topological polar surface area (TPSA) is 40.9 Å². The van der Waals surface area contributed by atoms with Gasteiger partial charge in [0.15, 0.2) is 5.78 Å². The highest BCUT2D eigenvalue weighted by Gasteiger charge is 2.26. The fourth-order valence-corrected chi connectivity index (χ4v) is 2.39. The second kappa shape index (κ2) is 6.33. The van der Waals surface area contributed by atoms with Gasteiger partial charge >= 0.3 is 0 Å². The summed E-state index contributed by atoms with van der Waals surface area (Å²) in [6.45, 7) is 0. The molecule has 1 atom stereocenters. The molecule has 0 aromatic heterocycles. The third-order valence-corrected chi connectivity index (χ3v) is 3.79. The first-order chi connectivity index (χ1) is 9.95. The number of hydrogen-bond acceptors (Lipinski definition) is 2. The van der Waals surface area contributed by atoms with E-state index in [1.165, 1.54) is 30.3 Å². The number of halogens is 4. The minimum Gasteiger partial charge on any atom is -0.292 e. The van der Waals surface area contributed by atoms with E-state index in [0.717, 1.165) is 6.07 Å². The number of carbonyl (C=O) groups excluding carboxylic acids is 1. The molecular formula is C15H7BrClF2NO. The monoisotopic (exact) mass is 369 g/mol. The molecule has 0 N–H and O–H groups in total. The number of Topliss-reactive ketones (excluding diaryl/α,β-unsaturated/α-hetero) is 1. The third-order valence-electron chi connectivity index (χ3n) is 2.89. The lowest BCUT2D eigenvalue weighted by Crippen LogP contribution is -2.13. The number of nitriles is 1. The van der Waals surface area contributed by atoms with Crippen LogP contribution in [0.5, 0.6) is 0 Å². The van der Waals surface area contributed by atoms with E-state index in [2.05, 4.69) is 15.9 Å². The second-order valence-electron chi connectivity index (χ2n) is 4.20. The maximum atomic E-state index is 14.0. The molecule has 0 radical (unpaired) electrons. The first-order valence-electron chi connectivity index (χ1n) is 5.78. The van der Waals surface area contributed by atoms with E-state index in [9.17, 15) is 18.8 Å². The van der Waals surface area contributed by atoms with Gasteiger partial charge in [-0.05, 0) is 40.2 Å². The van der Waals surface area contributed by atoms with Crippen molar-refractivity contribution in [2.75, 3.05) is 0 Å². The zero-order valence-electron chi connectivity index (χ0n) is 10.4. The van der Waals surface area contributed by atoms with Crippen molar-refractivity contribution in [1.82, 2.24) is 0 Å². The first kappa shape index (κ1) is 15.6. The van der Waals surface area contributed by atoms with Crippen molar-refractivity contribution in [3.8, 4) is 6.07 Å². The van der Waals surface area contributed by atoms with E-state index in [-0.39, 0.29) is 20.6 Å². The summed E-state index contributed by atoms with van der Waals surface area (Å²) in [6, 6.07) is 9.47. The Bertz CT molecular complexity index is 758. The number of hydrogen-bond donors (Lipinski definition) is 0. The second-order valence-corrected chi connectivity index (χ2v) is 5.46. The largest absolute Gasteiger partial charge is 0.292 e. The molecule has 2 rings (SSSR count). The van der Waals surface area contributed by atoms with Crippen LogP contribution in [0.4, 0.5) is 8.78 Å². The molecule has 0 bridgehead atoms. The van der Waals surface area contributed by atoms with Crippen molar-refractivity contribution >= 4 is 33.3 Å². The Morgan fingerprint density at radius 2 is 2.00 bits per heavy atom. The lowest BCUT2D eigenvalue weighted by molar-refractivity contribution is 0.0977. The molecule has 21 heavy (non-hydrogen) atoms. The van der Waals surface area contributed by atoms with Crippen molar-refractivity contribution in [2.24, 2.45) is 0 Å². The summed E-state index contributed by atoms with van der Waals surface area (Å²) in [7, 11) is 0. The molecular weight excluding hydrogens is 364 g/mol. The van der Waals surface area contributed by atoms with Gasteiger partial charge in [-0.3, -0.25) is 4.79 Å². The van der Waals surface area contributed by atoms with Crippen molar-refractivity contribution in [1.29, 1.82) is 5.26 Å². The molecule has 0 spiro atoms. The average molecular weight is 371 g/mol. The molecule has 2 nitrogen and oxygen atoms in total. The van der Waals surface area contributed by atoms with Crippen LogP contribution in [0, 0.1) is 23.0 Å². The Morgan fingerprint density at radius 1 is 1.29 bits per heavy atom. The SMILES string of the molecule is N#CC(C(=O)c1ccc(F)c(Br)c1)c1cccc(Cl)c1F. The number of rotatable bonds is 3. The van der Waals surface area contributed by atoms with Gasteiger partial charge in [0.05, 0.1) is 15.6 Å². The summed E-state index contributed by atoms with van der Waals surface area (Å²) in [4.78, 5) is 12.3. The van der Waals surface area contributed by atoms with Gasteiger partial charge in [0.25, 0.3) is 0 Å². The highest BCUT2D eigenvalue weighted by atomic mass is 79.9. The molecule has 6 heteroatoms. The summed E-state index contributed by atoms with van der Waals surface area (Å²) >= 11 is 8.62. The summed E-state index contributed by atoms with van der Waals surface area (Å²) < 4.78 is 27.2. The van der Waals surface area contributed by atoms with Crippen LogP contribution >= 0.6 is 27.5 Å². The quantitative estimate of drug-likeness (QED) is 0.723. The normalized spacial score (nSPS) is 11.8. The Kier molecular flexibility index (Phi) is 4.71. The maximum absolute atomic E-state index is 14.0. The highest BCUT2D eigenvalue weighted by molar-refractivity contribution is 9.10. The smallest absolute Gasteiger partial charge is 0.184 e. The molecule has 0 aliphatic heterocycles. The molecule has 2 aromatic carbocycles. The van der Waals surface area contributed by atoms with Gasteiger partial charge in [-0.2, -0.15) is 5.26 Å². The Labute approximate surface area is 133 Å². The number of nitrogens with zero attached hydrogens (tertiary/aromatic N) is 1. The number of benzene rings is 2. The van der Waals surface area contributed by atoms with E-state index < -0.39 is 23.3 Å². The predicted octanol–water partition coefficient (Wildman–Crippen LogP) is 4.87. The third kappa shape index (κ3) is 3.12. The van der Waals surface area contributed by atoms with E-state index in [4.69, 9.17) is 11.6 Å². The zero-order valence-corrected chi connectivity index (χ0v) is 12.8. The molecule has 0 amide bonds. The Balaban J connectivity index is 2.46. The molecule has 0 aliphatic rings. The Hall–Kier alpha value is -1.77. The van der Waals surface area contributed by atoms with Gasteiger partial charge in [0.1, 0.15) is 17.6 Å². The average Bonchev–Trinajstić information content (AvgIpc) is 2.47. The fourth-order valence-electron chi connectivity index (χ4n) is 1.83. The molecule has 2 aromatic rings. The van der Waals surface area contributed by atoms with E-state index in [1.54, 1.807) is 6.07 Å². The fraction of sp³-hybridized carbons (Fsp3) is 0.0667. The van der Waals surface area contributed by atoms with E-state index >= 15 is 0 Å². The van der Waals surface area contributed by atoms with Gasteiger partial charge in [0, 0.05) is 11.1 Å². The van der Waals surface area contributed by atoms with Gasteiger partial charge in [-0.1, -0.05) is 23.7 Å². The lowest BCUT2D eigenvalue weighted by atomic mass is 9.91. The molecule has 0 saturated carbocycles. The van der Waals surface area contributed by atoms with Crippen LogP contribution in [-0.2, 0) is 0 Å². The van der Waals surface area contributed by atoms with Crippen LogP contribution in [0.2, 0.25) is 5.02 Å². The summed E-state index contributed by atoms with van der Waals surface area (Å²) in [5.41, 5.74) is 0.00430. The van der Waals surface area contributed by atoms with Crippen LogP contribution in [0.25, 0.3) is 0 Å². The number of carbonyl (C=O) groups is 1. The first-order valence-corrected chi connectivity index (χ1v) is 6.95. The predicted molar refractivity (Wildman–Crippen MR) is 78.2 cm³/mol. The molecule has 0 aliphatic carbocycles. The van der Waals surface area contributed by atoms with Crippen molar-refractivity contribution in [2.45, 2.75) is 5.92 Å². The van der Waals surface area contributed by atoms with Crippen LogP contribution < -0.4 is 0 Å². The van der Waals surface area contributed by atoms with Gasteiger partial charge < -0.3 is 0 Å². The van der Waals surface area contributed by atoms with Gasteiger partial charge in [0.2, 0.25) is 0 Å². The summed E-state index contributed by atoms with van der Waals surface area (Å²) in [5, 5.41) is 9.02. The summed E-state index contributed by atoms with van der Waals surface area (Å²) in [6.07, 6.45) is 0. The van der Waals surface area contributed by atoms with Crippen molar-refractivity contribution < 1.29 is 13.6 Å². The van der Waals surface area contributed by atoms with Crippen LogP contribution in [0.1, 0.15) is 21.8 Å². The molecule has 0 saturated heterocycles. The Morgan fingerprint density at radius 3 is 2.62 bits per heavy atom. The minimum atomic E-state index is -1.35. The molecule has 106 valence electrons. The van der Waals surface area contributed by atoms with Crippen LogP contribution in [0.15, 0.2) is 40.9 Å². The van der Waals surface area contributed by atoms with Crippen LogP contribution in [-0.4, -0.2) is 5.78 Å². The van der Waals surface area contributed by atoms with E-state index in [1.807, 2.05) is 0 Å². The number of ketones is 1. The molecule has 0 fully saturated rings. The zero-order chi connectivity index (χ0) is 15.6. The highest BCUT2D eigenvalue weighted by Crippen LogP contribution is 2.28. The maximum Gasteiger partial charge on any atom is 0.184 e. The molecule has 0 heterocycles. The van der Waals surface area contributed by atoms with Crippen LogP contribution in [0.3, 0.4) is 0 Å². The van der Waals surface area contributed by atoms with Gasteiger partial charge in [-0.15, -0.1) is 0 Å².